The van der Waals surface area contributed by atoms with Crippen molar-refractivity contribution < 1.29 is 22.7 Å². The van der Waals surface area contributed by atoms with Gasteiger partial charge in [0.05, 0.1) is 7.11 Å². The van der Waals surface area contributed by atoms with Gasteiger partial charge in [-0.3, -0.25) is 4.90 Å². The van der Waals surface area contributed by atoms with Crippen LogP contribution in [0.2, 0.25) is 5.02 Å². The maximum Gasteiger partial charge on any atom is 0.331 e. The first-order valence-corrected chi connectivity index (χ1v) is 13.9. The number of hydrogen-bond donors (Lipinski definition) is 1. The van der Waals surface area contributed by atoms with Crippen molar-refractivity contribution in [3.8, 4) is 0 Å². The summed E-state index contributed by atoms with van der Waals surface area (Å²) >= 11 is 6.21. The van der Waals surface area contributed by atoms with Crippen LogP contribution in [0.25, 0.3) is 6.08 Å². The van der Waals surface area contributed by atoms with Crippen molar-refractivity contribution in [1.29, 1.82) is 0 Å². The second-order valence-electron chi connectivity index (χ2n) is 11.2. The zero-order valence-corrected chi connectivity index (χ0v) is 22.9. The number of methoxy groups -OCH3 is 1. The van der Waals surface area contributed by atoms with Gasteiger partial charge < -0.3 is 10.1 Å². The summed E-state index contributed by atoms with van der Waals surface area (Å²) in [4.78, 5) is 15.1. The fraction of sp³-hybridized carbons (Fsp3) is 0.344. The van der Waals surface area contributed by atoms with Crippen LogP contribution in [0.1, 0.15) is 42.4 Å². The SMILES string of the molecule is COC(=O)C1(Nc2cccc(Cl)c2)CCC2(CC1)C(C1CN(Cc3c(F)ccc(F)c3F)C1)=Cc1ccccc12. The number of esters is 1. The summed E-state index contributed by atoms with van der Waals surface area (Å²) in [5, 5.41) is 4.03. The summed E-state index contributed by atoms with van der Waals surface area (Å²) in [5.74, 6) is -2.99. The molecule has 1 aliphatic heterocycles. The summed E-state index contributed by atoms with van der Waals surface area (Å²) in [7, 11) is 1.41. The Kier molecular flexibility index (Phi) is 6.91. The fourth-order valence-electron chi connectivity index (χ4n) is 6.94. The lowest BCUT2D eigenvalue weighted by molar-refractivity contribution is -0.147. The normalized spacial score (nSPS) is 24.4. The number of hydrogen-bond acceptors (Lipinski definition) is 4. The Morgan fingerprint density at radius 3 is 2.45 bits per heavy atom. The van der Waals surface area contributed by atoms with Crippen LogP contribution in [-0.2, 0) is 21.5 Å². The molecule has 208 valence electrons. The molecule has 1 N–H and O–H groups in total. The fourth-order valence-corrected chi connectivity index (χ4v) is 7.13. The summed E-state index contributed by atoms with van der Waals surface area (Å²) in [5.41, 5.74) is 3.14. The Bertz CT molecular complexity index is 1490. The topological polar surface area (TPSA) is 41.6 Å². The molecule has 6 rings (SSSR count). The predicted molar refractivity (Wildman–Crippen MR) is 149 cm³/mol. The highest BCUT2D eigenvalue weighted by Crippen LogP contribution is 2.56. The van der Waals surface area contributed by atoms with Gasteiger partial charge in [0.25, 0.3) is 0 Å². The predicted octanol–water partition coefficient (Wildman–Crippen LogP) is 7.12. The molecule has 0 amide bonds. The average Bonchev–Trinajstić information content (AvgIpc) is 3.24. The van der Waals surface area contributed by atoms with Gasteiger partial charge in [-0.15, -0.1) is 0 Å². The standard InChI is InChI=1S/C32H30ClF3N2O2/c1-40-30(39)32(37-23-7-4-6-22(33)16-23)13-11-31(12-14-32)25-8-3-2-5-20(25)15-26(31)21-17-38(18-21)19-24-27(34)9-10-28(35)29(24)36/h2-10,15-16,21,37H,11-14,17-19H2,1H3. The monoisotopic (exact) mass is 566 g/mol. The van der Waals surface area contributed by atoms with Crippen molar-refractivity contribution in [3.63, 3.8) is 0 Å². The van der Waals surface area contributed by atoms with E-state index in [1.807, 2.05) is 29.2 Å². The van der Waals surface area contributed by atoms with E-state index >= 15 is 0 Å². The molecule has 3 aromatic rings. The van der Waals surface area contributed by atoms with E-state index in [0.29, 0.717) is 31.0 Å². The molecule has 2 fully saturated rings. The number of halogens is 4. The highest BCUT2D eigenvalue weighted by molar-refractivity contribution is 6.30. The molecule has 2 aliphatic carbocycles. The van der Waals surface area contributed by atoms with Crippen molar-refractivity contribution in [1.82, 2.24) is 4.90 Å². The first kappa shape index (κ1) is 26.9. The molecule has 1 heterocycles. The summed E-state index contributed by atoms with van der Waals surface area (Å²) in [6, 6.07) is 17.5. The van der Waals surface area contributed by atoms with E-state index in [1.165, 1.54) is 23.8 Å². The average molecular weight is 567 g/mol. The molecular formula is C32H30ClF3N2O2. The van der Waals surface area contributed by atoms with Gasteiger partial charge in [-0.2, -0.15) is 0 Å². The van der Waals surface area contributed by atoms with Crippen LogP contribution < -0.4 is 5.32 Å². The molecular weight excluding hydrogens is 537 g/mol. The number of carbonyl (C=O) groups is 1. The van der Waals surface area contributed by atoms with E-state index in [0.717, 1.165) is 30.7 Å². The zero-order chi connectivity index (χ0) is 28.1. The van der Waals surface area contributed by atoms with Crippen LogP contribution in [0.5, 0.6) is 0 Å². The van der Waals surface area contributed by atoms with Gasteiger partial charge >= 0.3 is 5.97 Å². The Balaban J connectivity index is 1.24. The van der Waals surface area contributed by atoms with Crippen LogP contribution in [-0.4, -0.2) is 36.6 Å². The third-order valence-electron chi connectivity index (χ3n) is 9.00. The van der Waals surface area contributed by atoms with E-state index in [2.05, 4.69) is 23.5 Å². The number of rotatable bonds is 6. The summed E-state index contributed by atoms with van der Waals surface area (Å²) in [6.45, 7) is 1.27. The minimum atomic E-state index is -1.12. The summed E-state index contributed by atoms with van der Waals surface area (Å²) < 4.78 is 47.6. The van der Waals surface area contributed by atoms with Crippen LogP contribution in [0.15, 0.2) is 66.2 Å². The Labute approximate surface area is 236 Å². The number of likely N-dealkylation sites (tertiary alicyclic amines) is 1. The van der Waals surface area contributed by atoms with E-state index in [9.17, 15) is 18.0 Å². The van der Waals surface area contributed by atoms with Crippen molar-refractivity contribution in [2.45, 2.75) is 43.2 Å². The second kappa shape index (κ2) is 10.3. The molecule has 3 aromatic carbocycles. The number of benzene rings is 3. The van der Waals surface area contributed by atoms with Crippen LogP contribution in [0.4, 0.5) is 18.9 Å². The van der Waals surface area contributed by atoms with Gasteiger partial charge in [-0.1, -0.05) is 53.6 Å². The zero-order valence-electron chi connectivity index (χ0n) is 22.2. The number of fused-ring (bicyclic) bond motifs is 2. The Morgan fingerprint density at radius 2 is 1.73 bits per heavy atom. The molecule has 1 saturated carbocycles. The molecule has 4 nitrogen and oxygen atoms in total. The molecule has 8 heteroatoms. The molecule has 1 spiro atoms. The maximum atomic E-state index is 14.3. The van der Waals surface area contributed by atoms with Crippen LogP contribution >= 0.6 is 11.6 Å². The van der Waals surface area contributed by atoms with Gasteiger partial charge in [-0.25, -0.2) is 18.0 Å². The maximum absolute atomic E-state index is 14.3. The number of carbonyl (C=O) groups excluding carboxylic acids is 1. The molecule has 3 aliphatic rings. The smallest absolute Gasteiger partial charge is 0.331 e. The molecule has 0 aromatic heterocycles. The highest BCUT2D eigenvalue weighted by Gasteiger charge is 2.54. The molecule has 1 saturated heterocycles. The van der Waals surface area contributed by atoms with Crippen LogP contribution in [0.3, 0.4) is 0 Å². The lowest BCUT2D eigenvalue weighted by Gasteiger charge is -2.50. The Morgan fingerprint density at radius 1 is 1.00 bits per heavy atom. The quantitative estimate of drug-likeness (QED) is 0.255. The van der Waals surface area contributed by atoms with Crippen molar-refractivity contribution in [3.05, 3.63) is 105 Å². The number of nitrogens with zero attached hydrogens (tertiary/aromatic N) is 1. The van der Waals surface area contributed by atoms with Crippen molar-refractivity contribution in [2.75, 3.05) is 25.5 Å². The highest BCUT2D eigenvalue weighted by atomic mass is 35.5. The first-order valence-electron chi connectivity index (χ1n) is 13.5. The number of ether oxygens (including phenoxy) is 1. The van der Waals surface area contributed by atoms with Gasteiger partial charge in [0.2, 0.25) is 0 Å². The summed E-state index contributed by atoms with van der Waals surface area (Å²) in [6.07, 6.45) is 4.86. The number of anilines is 1. The third-order valence-corrected chi connectivity index (χ3v) is 9.23. The van der Waals surface area contributed by atoms with Gasteiger partial charge in [0.15, 0.2) is 11.6 Å². The molecule has 0 unspecified atom stereocenters. The molecule has 40 heavy (non-hydrogen) atoms. The minimum Gasteiger partial charge on any atom is -0.467 e. The lowest BCUT2D eigenvalue weighted by Crippen LogP contribution is -2.55. The Hall–Kier alpha value is -3.29. The van der Waals surface area contributed by atoms with Gasteiger partial charge in [0.1, 0.15) is 11.4 Å². The molecule has 0 bridgehead atoms. The first-order chi connectivity index (χ1) is 19.2. The molecule has 0 atom stereocenters. The van der Waals surface area contributed by atoms with Crippen molar-refractivity contribution in [2.24, 2.45) is 5.92 Å². The largest absolute Gasteiger partial charge is 0.467 e. The second-order valence-corrected chi connectivity index (χ2v) is 11.6. The minimum absolute atomic E-state index is 0.0220. The van der Waals surface area contributed by atoms with E-state index in [1.54, 1.807) is 12.1 Å². The van der Waals surface area contributed by atoms with E-state index in [4.69, 9.17) is 16.3 Å². The number of nitrogens with one attached hydrogen (secondary N) is 1. The van der Waals surface area contributed by atoms with Crippen LogP contribution in [0, 0.1) is 23.4 Å². The van der Waals surface area contributed by atoms with Gasteiger partial charge in [0, 0.05) is 47.2 Å². The van der Waals surface area contributed by atoms with Gasteiger partial charge in [-0.05, 0) is 67.1 Å². The lowest BCUT2D eigenvalue weighted by atomic mass is 9.59. The van der Waals surface area contributed by atoms with E-state index in [-0.39, 0.29) is 29.4 Å². The third kappa shape index (κ3) is 4.49. The molecule has 0 radical (unpaired) electrons. The van der Waals surface area contributed by atoms with Crippen molar-refractivity contribution >= 4 is 29.3 Å². The van der Waals surface area contributed by atoms with E-state index < -0.39 is 23.0 Å².